The molecule has 0 N–H and O–H groups in total. The van der Waals surface area contributed by atoms with E-state index in [1.165, 1.54) is 14.2 Å². The van der Waals surface area contributed by atoms with Gasteiger partial charge in [-0.3, -0.25) is 9.69 Å². The molecule has 0 saturated carbocycles. The lowest BCUT2D eigenvalue weighted by molar-refractivity contribution is -0.117. The fourth-order valence-electron chi connectivity index (χ4n) is 1.83. The molecule has 7 heteroatoms. The Balaban J connectivity index is 2.30. The zero-order chi connectivity index (χ0) is 13.1. The predicted molar refractivity (Wildman–Crippen MR) is 69.4 cm³/mol. The van der Waals surface area contributed by atoms with E-state index >= 15 is 0 Å². The van der Waals surface area contributed by atoms with Gasteiger partial charge in [0.1, 0.15) is 5.82 Å². The van der Waals surface area contributed by atoms with Gasteiger partial charge < -0.3 is 9.47 Å². The summed E-state index contributed by atoms with van der Waals surface area (Å²) in [6.45, 7) is 0.646. The largest absolute Gasteiger partial charge is 0.481 e. The summed E-state index contributed by atoms with van der Waals surface area (Å²) in [7, 11) is 2.99. The standard InChI is InChI=1S/C11H14BrN3O3/c1-17-9-4-8(13-11(14-9)18-2)15-6-7(5-12)3-10(15)16/h4,7H,3,5-6H2,1-2H3. The molecule has 18 heavy (non-hydrogen) atoms. The second-order valence-electron chi connectivity index (χ2n) is 3.98. The maximum atomic E-state index is 11.9. The molecule has 1 atom stereocenters. The summed E-state index contributed by atoms with van der Waals surface area (Å²) in [6.07, 6.45) is 0.528. The minimum atomic E-state index is 0.0576. The van der Waals surface area contributed by atoms with Crippen molar-refractivity contribution in [1.82, 2.24) is 9.97 Å². The van der Waals surface area contributed by atoms with Crippen LogP contribution in [0.25, 0.3) is 0 Å². The molecule has 2 rings (SSSR count). The maximum Gasteiger partial charge on any atom is 0.321 e. The van der Waals surface area contributed by atoms with E-state index in [2.05, 4.69) is 25.9 Å². The van der Waals surface area contributed by atoms with E-state index in [-0.39, 0.29) is 11.9 Å². The molecule has 1 amide bonds. The Morgan fingerprint density at radius 3 is 2.78 bits per heavy atom. The van der Waals surface area contributed by atoms with Crippen LogP contribution in [0.5, 0.6) is 11.9 Å². The minimum Gasteiger partial charge on any atom is -0.481 e. The van der Waals surface area contributed by atoms with Gasteiger partial charge in [-0.2, -0.15) is 9.97 Å². The lowest BCUT2D eigenvalue weighted by atomic mass is 10.2. The molecule has 0 bridgehead atoms. The van der Waals surface area contributed by atoms with E-state index in [1.807, 2.05) is 0 Å². The number of ether oxygens (including phenoxy) is 2. The summed E-state index contributed by atoms with van der Waals surface area (Å²) in [5.41, 5.74) is 0. The first kappa shape index (κ1) is 13.1. The van der Waals surface area contributed by atoms with Crippen LogP contribution in [-0.2, 0) is 4.79 Å². The van der Waals surface area contributed by atoms with Crippen molar-refractivity contribution >= 4 is 27.7 Å². The van der Waals surface area contributed by atoms with Crippen molar-refractivity contribution in [2.45, 2.75) is 6.42 Å². The molecule has 0 aromatic carbocycles. The number of nitrogens with zero attached hydrogens (tertiary/aromatic N) is 3. The monoisotopic (exact) mass is 315 g/mol. The minimum absolute atomic E-state index is 0.0576. The number of carbonyl (C=O) groups excluding carboxylic acids is 1. The van der Waals surface area contributed by atoms with Crippen LogP contribution in [0.2, 0.25) is 0 Å². The Morgan fingerprint density at radius 2 is 2.22 bits per heavy atom. The van der Waals surface area contributed by atoms with Crippen molar-refractivity contribution in [3.63, 3.8) is 0 Å². The number of hydrogen-bond acceptors (Lipinski definition) is 5. The molecule has 0 spiro atoms. The summed E-state index contributed by atoms with van der Waals surface area (Å²) in [4.78, 5) is 21.7. The van der Waals surface area contributed by atoms with E-state index in [4.69, 9.17) is 9.47 Å². The van der Waals surface area contributed by atoms with Gasteiger partial charge in [-0.15, -0.1) is 0 Å². The Labute approximate surface area is 113 Å². The van der Waals surface area contributed by atoms with Crippen molar-refractivity contribution in [1.29, 1.82) is 0 Å². The van der Waals surface area contributed by atoms with Gasteiger partial charge in [0.05, 0.1) is 14.2 Å². The number of methoxy groups -OCH3 is 2. The van der Waals surface area contributed by atoms with E-state index < -0.39 is 0 Å². The quantitative estimate of drug-likeness (QED) is 0.782. The topological polar surface area (TPSA) is 64.5 Å². The van der Waals surface area contributed by atoms with Gasteiger partial charge in [0.2, 0.25) is 11.8 Å². The zero-order valence-corrected chi connectivity index (χ0v) is 11.8. The molecule has 1 unspecified atom stereocenters. The molecule has 0 radical (unpaired) electrons. The second-order valence-corrected chi connectivity index (χ2v) is 4.63. The van der Waals surface area contributed by atoms with Crippen LogP contribution in [0.3, 0.4) is 0 Å². The van der Waals surface area contributed by atoms with Crippen molar-refractivity contribution < 1.29 is 14.3 Å². The first-order valence-electron chi connectivity index (χ1n) is 5.51. The summed E-state index contributed by atoms with van der Waals surface area (Å²) in [5.74, 6) is 1.27. The number of carbonyl (C=O) groups is 1. The van der Waals surface area contributed by atoms with Gasteiger partial charge in [0, 0.05) is 24.4 Å². The number of amides is 1. The average molecular weight is 316 g/mol. The number of rotatable bonds is 4. The number of anilines is 1. The van der Waals surface area contributed by atoms with Crippen LogP contribution >= 0.6 is 15.9 Å². The Bertz CT molecular complexity index is 433. The molecule has 2 heterocycles. The third kappa shape index (κ3) is 2.55. The van der Waals surface area contributed by atoms with E-state index in [0.717, 1.165) is 5.33 Å². The Morgan fingerprint density at radius 1 is 1.44 bits per heavy atom. The third-order valence-electron chi connectivity index (χ3n) is 2.76. The van der Waals surface area contributed by atoms with Crippen molar-refractivity contribution in [3.8, 4) is 11.9 Å². The molecule has 1 saturated heterocycles. The van der Waals surface area contributed by atoms with Crippen LogP contribution in [0.1, 0.15) is 6.42 Å². The van der Waals surface area contributed by atoms with E-state index in [1.54, 1.807) is 11.0 Å². The number of alkyl halides is 1. The van der Waals surface area contributed by atoms with E-state index in [9.17, 15) is 4.79 Å². The zero-order valence-electron chi connectivity index (χ0n) is 10.2. The van der Waals surface area contributed by atoms with Crippen molar-refractivity contribution in [3.05, 3.63) is 6.07 Å². The molecule has 0 aliphatic carbocycles. The number of hydrogen-bond donors (Lipinski definition) is 0. The van der Waals surface area contributed by atoms with Gasteiger partial charge in [-0.1, -0.05) is 15.9 Å². The Kier molecular flexibility index (Phi) is 4.00. The highest BCUT2D eigenvalue weighted by Crippen LogP contribution is 2.27. The van der Waals surface area contributed by atoms with Crippen LogP contribution in [0.15, 0.2) is 6.07 Å². The average Bonchev–Trinajstić information content (AvgIpc) is 2.79. The highest BCUT2D eigenvalue weighted by atomic mass is 79.9. The van der Waals surface area contributed by atoms with Crippen LogP contribution < -0.4 is 14.4 Å². The lowest BCUT2D eigenvalue weighted by Gasteiger charge is -2.16. The smallest absolute Gasteiger partial charge is 0.321 e. The summed E-state index contributed by atoms with van der Waals surface area (Å²) < 4.78 is 10.1. The van der Waals surface area contributed by atoms with Crippen molar-refractivity contribution in [2.24, 2.45) is 5.92 Å². The summed E-state index contributed by atoms with van der Waals surface area (Å²) >= 11 is 3.40. The van der Waals surface area contributed by atoms with Crippen LogP contribution in [0.4, 0.5) is 5.82 Å². The maximum absolute atomic E-state index is 11.9. The summed E-state index contributed by atoms with van der Waals surface area (Å²) in [6, 6.07) is 1.83. The predicted octanol–water partition coefficient (Wildman–Crippen LogP) is 1.24. The SMILES string of the molecule is COc1cc(N2CC(CBr)CC2=O)nc(OC)n1. The van der Waals surface area contributed by atoms with Crippen molar-refractivity contribution in [2.75, 3.05) is 31.0 Å². The van der Waals surface area contributed by atoms with Crippen LogP contribution in [0, 0.1) is 5.92 Å². The van der Waals surface area contributed by atoms with Gasteiger partial charge in [-0.25, -0.2) is 0 Å². The molecule has 1 aliphatic rings. The molecule has 6 nitrogen and oxygen atoms in total. The molecule has 1 aromatic heterocycles. The van der Waals surface area contributed by atoms with E-state index in [0.29, 0.717) is 30.6 Å². The van der Waals surface area contributed by atoms with Gasteiger partial charge in [0.25, 0.3) is 0 Å². The molecular formula is C11H14BrN3O3. The van der Waals surface area contributed by atoms with Gasteiger partial charge in [0.15, 0.2) is 0 Å². The van der Waals surface area contributed by atoms with Gasteiger partial charge >= 0.3 is 6.01 Å². The molecule has 1 aliphatic heterocycles. The highest BCUT2D eigenvalue weighted by molar-refractivity contribution is 9.09. The third-order valence-corrected chi connectivity index (χ3v) is 3.68. The molecule has 1 aromatic rings. The molecule has 98 valence electrons. The second kappa shape index (κ2) is 5.51. The summed E-state index contributed by atoms with van der Waals surface area (Å²) in [5, 5.41) is 0.800. The Hall–Kier alpha value is -1.37. The lowest BCUT2D eigenvalue weighted by Crippen LogP contribution is -2.26. The highest BCUT2D eigenvalue weighted by Gasteiger charge is 2.31. The van der Waals surface area contributed by atoms with Crippen LogP contribution in [-0.4, -0.2) is 42.0 Å². The normalized spacial score (nSPS) is 19.2. The first-order valence-corrected chi connectivity index (χ1v) is 6.63. The fourth-order valence-corrected chi connectivity index (χ4v) is 2.27. The first-order chi connectivity index (χ1) is 8.67. The van der Waals surface area contributed by atoms with Gasteiger partial charge in [-0.05, 0) is 5.92 Å². The number of halogens is 1. The molecule has 1 fully saturated rings. The molecular weight excluding hydrogens is 302 g/mol. The number of aromatic nitrogens is 2. The fraction of sp³-hybridized carbons (Fsp3) is 0.545.